The molecule has 298 valence electrons. The number of carbonyl (C=O) groups excluding carboxylic acids is 8. The number of nitrogens with zero attached hydrogens (tertiary/aromatic N) is 5. The molecule has 0 bridgehead atoms. The lowest BCUT2D eigenvalue weighted by Gasteiger charge is -2.37. The highest BCUT2D eigenvalue weighted by molar-refractivity contribution is 6.11. The van der Waals surface area contributed by atoms with Gasteiger partial charge in [0.1, 0.15) is 0 Å². The van der Waals surface area contributed by atoms with Crippen molar-refractivity contribution in [2.75, 3.05) is 0 Å². The van der Waals surface area contributed by atoms with Crippen molar-refractivity contribution in [3.8, 4) is 0 Å². The topological polar surface area (TPSA) is 197 Å². The molecule has 10 rings (SSSR count). The Morgan fingerprint density at radius 2 is 0.714 bits per heavy atom. The molecule has 5 saturated carbocycles. The van der Waals surface area contributed by atoms with Crippen molar-refractivity contribution in [2.45, 2.75) is 140 Å². The predicted octanol–water partition coefficient (Wildman–Crippen LogP) is 2.98. The van der Waals surface area contributed by atoms with Crippen LogP contribution in [0.15, 0.2) is 4.42 Å². The number of fused-ring (bicyclic) bond motifs is 4. The summed E-state index contributed by atoms with van der Waals surface area (Å²) in [7, 11) is 0. The molecule has 0 spiro atoms. The smallest absolute Gasteiger partial charge is 0.233 e. The minimum absolute atomic E-state index is 0.0951. The predicted molar refractivity (Wildman–Crippen MR) is 191 cm³/mol. The minimum Gasteiger partial charge on any atom is -0.425 e. The molecule has 8 amide bonds. The number of carbonyl (C=O) groups is 8. The quantitative estimate of drug-likeness (QED) is 0.432. The maximum atomic E-state index is 14.0. The van der Waals surface area contributed by atoms with Gasteiger partial charge in [-0.05, 0) is 109 Å². The minimum atomic E-state index is -0.641. The number of aromatic nitrogens is 2. The molecule has 1 N–H and O–H groups in total. The van der Waals surface area contributed by atoms with Crippen LogP contribution in [-0.2, 0) is 38.4 Å². The van der Waals surface area contributed by atoms with Crippen LogP contribution in [-0.4, -0.2) is 90.3 Å². The maximum absolute atomic E-state index is 14.0. The van der Waals surface area contributed by atoms with E-state index in [0.29, 0.717) is 50.3 Å². The summed E-state index contributed by atoms with van der Waals surface area (Å²) in [5, 5.41) is 11.1. The fourth-order valence-electron chi connectivity index (χ4n) is 12.6. The van der Waals surface area contributed by atoms with Gasteiger partial charge < -0.3 is 4.42 Å². The highest BCUT2D eigenvalue weighted by Crippen LogP contribution is 2.51. The van der Waals surface area contributed by atoms with Crippen LogP contribution in [0.25, 0.3) is 0 Å². The van der Waals surface area contributed by atoms with Crippen molar-refractivity contribution < 1.29 is 42.8 Å². The summed E-state index contributed by atoms with van der Waals surface area (Å²) in [4.78, 5) is 112. The average Bonchev–Trinajstić information content (AvgIpc) is 3.97. The number of likely N-dealkylation sites (tertiary alicyclic amines) is 3. The standard InChI is InChI=1S/C41H50N6O9/c1-18-2-4-19(5-3-18)34-43-44-35(56-34)20-6-8-21(9-7-20)45-38(52)28-16-30-31(17-29(28)39(45)53)41(55)47(40(30)54)23-12-10-22(11-13-23)46-36(50)26-14-24-25(15-27(26)37(46)51)33(49)42-32(24)48/h18-31H,2-17H2,1H3,(H,42,48,49). The maximum Gasteiger partial charge on any atom is 0.233 e. The SMILES string of the molecule is CC1CCC(c2nnc(C3CCC(N4C(=O)C5CC6C(=O)N(C7CCC(N8C(=O)C9CC%10C(=O)NC(=O)C%10CC9C8=O)CC7)C(=O)C6CC5C4=O)CC3)o2)CC1. The zero-order chi connectivity index (χ0) is 38.7. The first kappa shape index (κ1) is 36.1. The van der Waals surface area contributed by atoms with Crippen molar-refractivity contribution >= 4 is 47.3 Å². The number of amides is 8. The van der Waals surface area contributed by atoms with Gasteiger partial charge in [-0.3, -0.25) is 58.4 Å². The largest absolute Gasteiger partial charge is 0.425 e. The molecule has 9 fully saturated rings. The molecular formula is C41H50N6O9. The van der Waals surface area contributed by atoms with E-state index in [-0.39, 0.29) is 97.0 Å². The van der Waals surface area contributed by atoms with Gasteiger partial charge in [0.15, 0.2) is 0 Å². The molecule has 56 heavy (non-hydrogen) atoms. The lowest BCUT2D eigenvalue weighted by atomic mass is 9.70. The van der Waals surface area contributed by atoms with Crippen molar-refractivity contribution in [2.24, 2.45) is 53.3 Å². The second kappa shape index (κ2) is 13.4. The Hall–Kier alpha value is -4.30. The number of nitrogens with one attached hydrogen (secondary N) is 1. The lowest BCUT2D eigenvalue weighted by molar-refractivity contribution is -0.148. The van der Waals surface area contributed by atoms with Crippen LogP contribution in [0.4, 0.5) is 0 Å². The molecule has 0 aromatic carbocycles. The van der Waals surface area contributed by atoms with Gasteiger partial charge in [0, 0.05) is 30.0 Å². The number of imide groups is 4. The average molecular weight is 771 g/mol. The molecular weight excluding hydrogens is 720 g/mol. The Morgan fingerprint density at radius 3 is 1.05 bits per heavy atom. The number of hydrogen-bond acceptors (Lipinski definition) is 11. The van der Waals surface area contributed by atoms with Gasteiger partial charge in [0.25, 0.3) is 0 Å². The van der Waals surface area contributed by atoms with E-state index in [1.165, 1.54) is 27.5 Å². The Labute approximate surface area is 324 Å². The van der Waals surface area contributed by atoms with Crippen molar-refractivity contribution in [3.63, 3.8) is 0 Å². The Morgan fingerprint density at radius 1 is 0.429 bits per heavy atom. The fraction of sp³-hybridized carbons (Fsp3) is 0.756. The zero-order valence-corrected chi connectivity index (χ0v) is 31.8. The van der Waals surface area contributed by atoms with Crippen molar-refractivity contribution in [1.82, 2.24) is 30.2 Å². The van der Waals surface area contributed by atoms with Crippen LogP contribution in [0.3, 0.4) is 0 Å². The summed E-state index contributed by atoms with van der Waals surface area (Å²) in [6.07, 6.45) is 9.76. The van der Waals surface area contributed by atoms with E-state index in [4.69, 9.17) is 4.42 Å². The molecule has 15 heteroatoms. The van der Waals surface area contributed by atoms with Crippen LogP contribution in [0, 0.1) is 53.3 Å². The second-order valence-electron chi connectivity index (χ2n) is 18.7. The van der Waals surface area contributed by atoms with E-state index >= 15 is 0 Å². The van der Waals surface area contributed by atoms with Gasteiger partial charge in [-0.25, -0.2) is 0 Å². The Kier molecular flexibility index (Phi) is 8.63. The Bertz CT molecular complexity index is 1820. The number of rotatable bonds is 5. The second-order valence-corrected chi connectivity index (χ2v) is 18.7. The van der Waals surface area contributed by atoms with Crippen LogP contribution in [0.5, 0.6) is 0 Å². The summed E-state index contributed by atoms with van der Waals surface area (Å²) < 4.78 is 6.18. The highest BCUT2D eigenvalue weighted by Gasteiger charge is 2.62. The van der Waals surface area contributed by atoms with E-state index in [9.17, 15) is 38.4 Å². The summed E-state index contributed by atoms with van der Waals surface area (Å²) in [6.45, 7) is 2.28. The van der Waals surface area contributed by atoms with Gasteiger partial charge in [0.05, 0.1) is 47.3 Å². The highest BCUT2D eigenvalue weighted by atomic mass is 16.4. The monoisotopic (exact) mass is 770 g/mol. The normalized spacial score (nSPS) is 42.6. The molecule has 9 aliphatic rings. The molecule has 8 atom stereocenters. The molecule has 5 heterocycles. The molecule has 1 aromatic heterocycles. The van der Waals surface area contributed by atoms with Crippen molar-refractivity contribution in [3.05, 3.63) is 11.8 Å². The van der Waals surface area contributed by atoms with Crippen LogP contribution >= 0.6 is 0 Å². The van der Waals surface area contributed by atoms with Gasteiger partial charge in [-0.2, -0.15) is 0 Å². The molecule has 4 aliphatic heterocycles. The Balaban J connectivity index is 0.745. The number of hydrogen-bond donors (Lipinski definition) is 1. The van der Waals surface area contributed by atoms with Crippen LogP contribution in [0.2, 0.25) is 0 Å². The molecule has 5 aliphatic carbocycles. The first-order chi connectivity index (χ1) is 27.0. The molecule has 15 nitrogen and oxygen atoms in total. The summed E-state index contributed by atoms with van der Waals surface area (Å²) in [5.41, 5.74) is 0. The molecule has 1 aromatic rings. The van der Waals surface area contributed by atoms with Crippen LogP contribution in [0.1, 0.15) is 133 Å². The van der Waals surface area contributed by atoms with Crippen molar-refractivity contribution in [1.29, 1.82) is 0 Å². The van der Waals surface area contributed by atoms with Gasteiger partial charge >= 0.3 is 0 Å². The van der Waals surface area contributed by atoms with Gasteiger partial charge in [-0.15, -0.1) is 10.2 Å². The first-order valence-electron chi connectivity index (χ1n) is 21.3. The first-order valence-corrected chi connectivity index (χ1v) is 21.3. The van der Waals surface area contributed by atoms with Crippen LogP contribution < -0.4 is 5.32 Å². The summed E-state index contributed by atoms with van der Waals surface area (Å²) in [6, 6.07) is -0.981. The third-order valence-corrected chi connectivity index (χ3v) is 15.9. The van der Waals surface area contributed by atoms with E-state index in [0.717, 1.165) is 37.5 Å². The summed E-state index contributed by atoms with van der Waals surface area (Å²) >= 11 is 0. The van der Waals surface area contributed by atoms with E-state index in [1.807, 2.05) is 0 Å². The van der Waals surface area contributed by atoms with Gasteiger partial charge in [-0.1, -0.05) is 6.92 Å². The third-order valence-electron chi connectivity index (χ3n) is 15.9. The molecule has 8 unspecified atom stereocenters. The van der Waals surface area contributed by atoms with E-state index < -0.39 is 47.3 Å². The van der Waals surface area contributed by atoms with Gasteiger partial charge in [0.2, 0.25) is 59.0 Å². The third kappa shape index (κ3) is 5.48. The van der Waals surface area contributed by atoms with E-state index in [1.54, 1.807) is 0 Å². The fourth-order valence-corrected chi connectivity index (χ4v) is 12.6. The summed E-state index contributed by atoms with van der Waals surface area (Å²) in [5.74, 6) is -4.67. The lowest BCUT2D eigenvalue weighted by Crippen LogP contribution is -2.48. The zero-order valence-electron chi connectivity index (χ0n) is 31.8. The molecule has 0 radical (unpaired) electrons. The molecule has 4 saturated heterocycles. The van der Waals surface area contributed by atoms with E-state index in [2.05, 4.69) is 22.4 Å².